The van der Waals surface area contributed by atoms with Crippen LogP contribution in [0.25, 0.3) is 0 Å². The molecule has 0 atom stereocenters. The van der Waals surface area contributed by atoms with Crippen molar-refractivity contribution in [2.75, 3.05) is 6.61 Å². The van der Waals surface area contributed by atoms with E-state index < -0.39 is 11.9 Å². The van der Waals surface area contributed by atoms with E-state index in [1.54, 1.807) is 24.3 Å². The first-order valence-electron chi connectivity index (χ1n) is 5.09. The molecule has 1 aromatic carbocycles. The smallest absolute Gasteiger partial charge is 0.341 e. The molecular weight excluding hydrogens is 208 g/mol. The third kappa shape index (κ3) is 3.38. The summed E-state index contributed by atoms with van der Waals surface area (Å²) >= 11 is 0. The van der Waals surface area contributed by atoms with Gasteiger partial charge in [0.15, 0.2) is 0 Å². The van der Waals surface area contributed by atoms with Crippen LogP contribution in [-0.2, 0) is 9.53 Å². The molecule has 16 heavy (non-hydrogen) atoms. The minimum absolute atomic E-state index is 0.233. The van der Waals surface area contributed by atoms with Crippen LogP contribution >= 0.6 is 0 Å². The molecule has 0 saturated heterocycles. The van der Waals surface area contributed by atoms with Crippen molar-refractivity contribution in [1.82, 2.24) is 0 Å². The van der Waals surface area contributed by atoms with E-state index in [1.165, 1.54) is 6.92 Å². The van der Waals surface area contributed by atoms with Crippen LogP contribution in [0.3, 0.4) is 0 Å². The number of carbonyl (C=O) groups excluding carboxylic acids is 2. The maximum Gasteiger partial charge on any atom is 0.341 e. The zero-order valence-electron chi connectivity index (χ0n) is 9.36. The van der Waals surface area contributed by atoms with Gasteiger partial charge in [0.1, 0.15) is 11.3 Å². The fourth-order valence-corrected chi connectivity index (χ4v) is 1.15. The molecule has 0 N–H and O–H groups in total. The number of rotatable bonds is 4. The first kappa shape index (κ1) is 12.2. The molecule has 4 heteroatoms. The quantitative estimate of drug-likeness (QED) is 0.578. The predicted octanol–water partition coefficient (Wildman–Crippen LogP) is 2.18. The first-order valence-corrected chi connectivity index (χ1v) is 5.09. The van der Waals surface area contributed by atoms with Gasteiger partial charge in [-0.15, -0.1) is 0 Å². The van der Waals surface area contributed by atoms with Gasteiger partial charge in [-0.25, -0.2) is 4.79 Å². The molecule has 0 bridgehead atoms. The standard InChI is InChI=1S/C12H14O4/c1-3-8-15-12(14)10-6-4-5-7-11(10)16-9(2)13/h4-7H,3,8H2,1-2H3. The third-order valence-corrected chi connectivity index (χ3v) is 1.80. The van der Waals surface area contributed by atoms with Crippen LogP contribution in [0, 0.1) is 0 Å². The lowest BCUT2D eigenvalue weighted by molar-refractivity contribution is -0.131. The lowest BCUT2D eigenvalue weighted by Gasteiger charge is -2.07. The van der Waals surface area contributed by atoms with Gasteiger partial charge < -0.3 is 9.47 Å². The Labute approximate surface area is 94.2 Å². The Morgan fingerprint density at radius 2 is 1.94 bits per heavy atom. The fourth-order valence-electron chi connectivity index (χ4n) is 1.15. The molecule has 0 aliphatic carbocycles. The maximum absolute atomic E-state index is 11.6. The van der Waals surface area contributed by atoms with Gasteiger partial charge in [0, 0.05) is 6.92 Å². The molecule has 0 unspecified atom stereocenters. The van der Waals surface area contributed by atoms with Crippen molar-refractivity contribution in [3.05, 3.63) is 29.8 Å². The highest BCUT2D eigenvalue weighted by Gasteiger charge is 2.14. The Morgan fingerprint density at radius 3 is 2.56 bits per heavy atom. The van der Waals surface area contributed by atoms with Crippen molar-refractivity contribution in [1.29, 1.82) is 0 Å². The van der Waals surface area contributed by atoms with Crippen LogP contribution in [0.5, 0.6) is 5.75 Å². The van der Waals surface area contributed by atoms with E-state index in [0.717, 1.165) is 6.42 Å². The summed E-state index contributed by atoms with van der Waals surface area (Å²) < 4.78 is 9.88. The largest absolute Gasteiger partial charge is 0.462 e. The SMILES string of the molecule is CCCOC(=O)c1ccccc1OC(C)=O. The van der Waals surface area contributed by atoms with Crippen molar-refractivity contribution in [3.8, 4) is 5.75 Å². The van der Waals surface area contributed by atoms with E-state index in [4.69, 9.17) is 9.47 Å². The summed E-state index contributed by atoms with van der Waals surface area (Å²) in [6.45, 7) is 3.55. The monoisotopic (exact) mass is 222 g/mol. The number of hydrogen-bond donors (Lipinski definition) is 0. The van der Waals surface area contributed by atoms with Gasteiger partial charge in [-0.1, -0.05) is 19.1 Å². The van der Waals surface area contributed by atoms with E-state index in [-0.39, 0.29) is 11.3 Å². The van der Waals surface area contributed by atoms with Gasteiger partial charge in [0.2, 0.25) is 0 Å². The number of para-hydroxylation sites is 1. The van der Waals surface area contributed by atoms with Gasteiger partial charge in [-0.2, -0.15) is 0 Å². The number of esters is 2. The summed E-state index contributed by atoms with van der Waals surface area (Å²) in [5.41, 5.74) is 0.270. The number of hydrogen-bond acceptors (Lipinski definition) is 4. The van der Waals surface area contributed by atoms with E-state index in [9.17, 15) is 9.59 Å². The lowest BCUT2D eigenvalue weighted by atomic mass is 10.2. The maximum atomic E-state index is 11.6. The zero-order valence-corrected chi connectivity index (χ0v) is 9.36. The van der Waals surface area contributed by atoms with Gasteiger partial charge in [-0.3, -0.25) is 4.79 Å². The zero-order chi connectivity index (χ0) is 12.0. The summed E-state index contributed by atoms with van der Waals surface area (Å²) in [7, 11) is 0. The summed E-state index contributed by atoms with van der Waals surface area (Å²) in [4.78, 5) is 22.4. The van der Waals surface area contributed by atoms with Crippen molar-refractivity contribution >= 4 is 11.9 Å². The number of carbonyl (C=O) groups is 2. The molecule has 0 heterocycles. The van der Waals surface area contributed by atoms with Gasteiger partial charge in [0.25, 0.3) is 0 Å². The second-order valence-corrected chi connectivity index (χ2v) is 3.23. The van der Waals surface area contributed by atoms with Crippen molar-refractivity contribution in [2.24, 2.45) is 0 Å². The normalized spacial score (nSPS) is 9.62. The van der Waals surface area contributed by atoms with E-state index in [0.29, 0.717) is 6.61 Å². The predicted molar refractivity (Wildman–Crippen MR) is 58.3 cm³/mol. The molecular formula is C12H14O4. The Hall–Kier alpha value is -1.84. The molecule has 0 fully saturated rings. The highest BCUT2D eigenvalue weighted by atomic mass is 16.5. The summed E-state index contributed by atoms with van der Waals surface area (Å²) in [6.07, 6.45) is 0.751. The minimum atomic E-state index is -0.473. The highest BCUT2D eigenvalue weighted by molar-refractivity contribution is 5.93. The van der Waals surface area contributed by atoms with Crippen LogP contribution in [0.2, 0.25) is 0 Å². The van der Waals surface area contributed by atoms with Crippen LogP contribution in [-0.4, -0.2) is 18.5 Å². The summed E-state index contributed by atoms with van der Waals surface area (Å²) in [5.74, 6) is -0.703. The second kappa shape index (κ2) is 5.90. The average Bonchev–Trinajstić information content (AvgIpc) is 2.26. The Balaban J connectivity index is 2.85. The Morgan fingerprint density at radius 1 is 1.25 bits per heavy atom. The average molecular weight is 222 g/mol. The molecule has 0 amide bonds. The van der Waals surface area contributed by atoms with Gasteiger partial charge >= 0.3 is 11.9 Å². The van der Waals surface area contributed by atoms with Crippen LogP contribution in [0.1, 0.15) is 30.6 Å². The Kier molecular flexibility index (Phi) is 4.51. The molecule has 0 saturated carbocycles. The van der Waals surface area contributed by atoms with Crippen molar-refractivity contribution in [3.63, 3.8) is 0 Å². The van der Waals surface area contributed by atoms with Crippen molar-refractivity contribution in [2.45, 2.75) is 20.3 Å². The van der Waals surface area contributed by atoms with Crippen LogP contribution < -0.4 is 4.74 Å². The lowest BCUT2D eigenvalue weighted by Crippen LogP contribution is -2.10. The molecule has 1 aromatic rings. The van der Waals surface area contributed by atoms with E-state index in [2.05, 4.69) is 0 Å². The van der Waals surface area contributed by atoms with Crippen molar-refractivity contribution < 1.29 is 19.1 Å². The molecule has 0 spiro atoms. The first-order chi connectivity index (χ1) is 7.65. The minimum Gasteiger partial charge on any atom is -0.462 e. The molecule has 0 aliphatic heterocycles. The molecule has 86 valence electrons. The van der Waals surface area contributed by atoms with Crippen LogP contribution in [0.4, 0.5) is 0 Å². The molecule has 1 rings (SSSR count). The van der Waals surface area contributed by atoms with E-state index in [1.807, 2.05) is 6.92 Å². The summed E-state index contributed by atoms with van der Waals surface area (Å²) in [6, 6.07) is 6.50. The topological polar surface area (TPSA) is 52.6 Å². The summed E-state index contributed by atoms with van der Waals surface area (Å²) in [5, 5.41) is 0. The highest BCUT2D eigenvalue weighted by Crippen LogP contribution is 2.19. The van der Waals surface area contributed by atoms with Gasteiger partial charge in [-0.05, 0) is 18.6 Å². The van der Waals surface area contributed by atoms with Crippen LogP contribution in [0.15, 0.2) is 24.3 Å². The molecule has 0 radical (unpaired) electrons. The fraction of sp³-hybridized carbons (Fsp3) is 0.333. The molecule has 0 aromatic heterocycles. The second-order valence-electron chi connectivity index (χ2n) is 3.23. The molecule has 4 nitrogen and oxygen atoms in total. The Bertz CT molecular complexity index is 384. The number of ether oxygens (including phenoxy) is 2. The third-order valence-electron chi connectivity index (χ3n) is 1.80. The van der Waals surface area contributed by atoms with Gasteiger partial charge in [0.05, 0.1) is 6.61 Å². The van der Waals surface area contributed by atoms with E-state index >= 15 is 0 Å². The molecule has 0 aliphatic rings. The number of benzene rings is 1.